The van der Waals surface area contributed by atoms with Crippen molar-refractivity contribution >= 4 is 9.84 Å². The minimum absolute atomic E-state index is 0.287. The van der Waals surface area contributed by atoms with Gasteiger partial charge in [-0.25, -0.2) is 8.42 Å². The Balaban J connectivity index is 2.63. The molecule has 0 unspecified atom stereocenters. The summed E-state index contributed by atoms with van der Waals surface area (Å²) >= 11 is 0. The van der Waals surface area contributed by atoms with E-state index in [1.807, 2.05) is 25.1 Å². The number of hydrogen-bond acceptors (Lipinski definition) is 2. The minimum Gasteiger partial charge on any atom is -0.224 e. The molecule has 0 amide bonds. The second-order valence-electron chi connectivity index (χ2n) is 3.36. The van der Waals surface area contributed by atoms with Gasteiger partial charge in [-0.2, -0.15) is 0 Å². The third-order valence-electron chi connectivity index (χ3n) is 2.52. The van der Waals surface area contributed by atoms with Crippen molar-refractivity contribution in [2.45, 2.75) is 24.7 Å². The van der Waals surface area contributed by atoms with Crippen LogP contribution in [-0.2, 0) is 22.7 Å². The van der Waals surface area contributed by atoms with Gasteiger partial charge in [-0.1, -0.05) is 19.1 Å². The maximum Gasteiger partial charge on any atom is 0.178 e. The molecule has 0 saturated heterocycles. The van der Waals surface area contributed by atoms with Gasteiger partial charge < -0.3 is 0 Å². The summed E-state index contributed by atoms with van der Waals surface area (Å²) in [4.78, 5) is 0.562. The minimum atomic E-state index is -2.94. The normalized spacial score (nSPS) is 18.5. The van der Waals surface area contributed by atoms with Crippen molar-refractivity contribution in [1.82, 2.24) is 0 Å². The Hall–Kier alpha value is -0.830. The zero-order valence-electron chi connectivity index (χ0n) is 7.58. The Labute approximate surface area is 78.5 Å². The number of sulfone groups is 1. The highest BCUT2D eigenvalue weighted by atomic mass is 32.2. The van der Waals surface area contributed by atoms with E-state index in [-0.39, 0.29) is 5.75 Å². The van der Waals surface area contributed by atoms with Gasteiger partial charge in [-0.15, -0.1) is 0 Å². The van der Waals surface area contributed by atoms with Crippen LogP contribution < -0.4 is 0 Å². The third-order valence-corrected chi connectivity index (χ3v) is 4.31. The molecule has 1 aliphatic rings. The topological polar surface area (TPSA) is 34.1 Å². The second-order valence-corrected chi connectivity index (χ2v) is 5.44. The SMILES string of the molecule is CCc1ccc2c(c1)S(=O)(=O)CC2. The van der Waals surface area contributed by atoms with E-state index in [1.54, 1.807) is 0 Å². The quantitative estimate of drug-likeness (QED) is 0.683. The van der Waals surface area contributed by atoms with Crippen LogP contribution in [0.5, 0.6) is 0 Å². The number of rotatable bonds is 1. The molecule has 2 nitrogen and oxygen atoms in total. The van der Waals surface area contributed by atoms with Crippen molar-refractivity contribution in [1.29, 1.82) is 0 Å². The molecule has 1 aliphatic heterocycles. The average Bonchev–Trinajstić information content (AvgIpc) is 2.42. The second kappa shape index (κ2) is 2.84. The Morgan fingerprint density at radius 2 is 2.15 bits per heavy atom. The van der Waals surface area contributed by atoms with Crippen LogP contribution in [0.4, 0.5) is 0 Å². The summed E-state index contributed by atoms with van der Waals surface area (Å²) < 4.78 is 23.0. The first-order chi connectivity index (χ1) is 6.13. The van der Waals surface area contributed by atoms with Crippen LogP contribution >= 0.6 is 0 Å². The van der Waals surface area contributed by atoms with Gasteiger partial charge in [0.2, 0.25) is 0 Å². The van der Waals surface area contributed by atoms with E-state index in [9.17, 15) is 8.42 Å². The molecule has 0 aliphatic carbocycles. The van der Waals surface area contributed by atoms with E-state index < -0.39 is 9.84 Å². The summed E-state index contributed by atoms with van der Waals surface area (Å²) in [6.07, 6.45) is 1.57. The first-order valence-electron chi connectivity index (χ1n) is 4.48. The molecule has 13 heavy (non-hydrogen) atoms. The van der Waals surface area contributed by atoms with E-state index in [4.69, 9.17) is 0 Å². The van der Waals surface area contributed by atoms with Gasteiger partial charge in [0.25, 0.3) is 0 Å². The van der Waals surface area contributed by atoms with Crippen LogP contribution in [0.25, 0.3) is 0 Å². The Morgan fingerprint density at radius 1 is 1.38 bits per heavy atom. The zero-order chi connectivity index (χ0) is 9.47. The Morgan fingerprint density at radius 3 is 2.85 bits per heavy atom. The predicted octanol–water partition coefficient (Wildman–Crippen LogP) is 1.58. The predicted molar refractivity (Wildman–Crippen MR) is 51.6 cm³/mol. The van der Waals surface area contributed by atoms with Crippen LogP contribution in [0.15, 0.2) is 23.1 Å². The molecule has 1 aromatic rings. The lowest BCUT2D eigenvalue weighted by Gasteiger charge is -2.00. The summed E-state index contributed by atoms with van der Waals surface area (Å²) in [7, 11) is -2.94. The van der Waals surface area contributed by atoms with Crippen LogP contribution in [0.1, 0.15) is 18.1 Å². The summed E-state index contributed by atoms with van der Waals surface area (Å²) in [6.45, 7) is 2.03. The molecule has 0 bridgehead atoms. The van der Waals surface area contributed by atoms with Gasteiger partial charge in [0.05, 0.1) is 10.6 Å². The zero-order valence-corrected chi connectivity index (χ0v) is 8.39. The fraction of sp³-hybridized carbons (Fsp3) is 0.400. The number of hydrogen-bond donors (Lipinski definition) is 0. The van der Waals surface area contributed by atoms with E-state index in [2.05, 4.69) is 0 Å². The summed E-state index contributed by atoms with van der Waals surface area (Å²) in [6, 6.07) is 5.77. The third kappa shape index (κ3) is 1.37. The van der Waals surface area contributed by atoms with Crippen molar-refractivity contribution in [3.63, 3.8) is 0 Å². The molecule has 0 N–H and O–H groups in total. The highest BCUT2D eigenvalue weighted by Gasteiger charge is 2.25. The lowest BCUT2D eigenvalue weighted by atomic mass is 10.1. The van der Waals surface area contributed by atoms with Crippen LogP contribution in [0, 0.1) is 0 Å². The number of benzene rings is 1. The van der Waals surface area contributed by atoms with Crippen molar-refractivity contribution in [2.24, 2.45) is 0 Å². The molecular weight excluding hydrogens is 184 g/mol. The molecule has 1 aromatic carbocycles. The van der Waals surface area contributed by atoms with Gasteiger partial charge in [0, 0.05) is 0 Å². The first-order valence-corrected chi connectivity index (χ1v) is 6.13. The largest absolute Gasteiger partial charge is 0.224 e. The molecule has 0 fully saturated rings. The lowest BCUT2D eigenvalue weighted by molar-refractivity contribution is 0.600. The van der Waals surface area contributed by atoms with Crippen molar-refractivity contribution in [3.8, 4) is 0 Å². The molecule has 0 spiro atoms. The van der Waals surface area contributed by atoms with Gasteiger partial charge in [0.15, 0.2) is 9.84 Å². The molecule has 0 atom stereocenters. The highest BCUT2D eigenvalue weighted by Crippen LogP contribution is 2.26. The maximum atomic E-state index is 11.5. The smallest absolute Gasteiger partial charge is 0.178 e. The maximum absolute atomic E-state index is 11.5. The molecule has 0 aromatic heterocycles. The first kappa shape index (κ1) is 8.75. The monoisotopic (exact) mass is 196 g/mol. The molecule has 0 saturated carbocycles. The summed E-state index contributed by atoms with van der Waals surface area (Å²) in [5, 5.41) is 0. The van der Waals surface area contributed by atoms with Crippen molar-refractivity contribution < 1.29 is 8.42 Å². The molecule has 1 heterocycles. The molecule has 0 radical (unpaired) electrons. The summed E-state index contributed by atoms with van der Waals surface area (Å²) in [5.41, 5.74) is 2.08. The number of aryl methyl sites for hydroxylation is 2. The molecular formula is C10H12O2S. The molecule has 2 rings (SSSR count). The fourth-order valence-corrected chi connectivity index (χ4v) is 3.28. The molecule has 70 valence electrons. The number of fused-ring (bicyclic) bond motifs is 1. The van der Waals surface area contributed by atoms with Gasteiger partial charge in [-0.3, -0.25) is 0 Å². The van der Waals surface area contributed by atoms with Crippen LogP contribution in [0.3, 0.4) is 0 Å². The van der Waals surface area contributed by atoms with Gasteiger partial charge in [0.1, 0.15) is 0 Å². The van der Waals surface area contributed by atoms with E-state index in [0.29, 0.717) is 11.3 Å². The van der Waals surface area contributed by atoms with Crippen molar-refractivity contribution in [3.05, 3.63) is 29.3 Å². The fourth-order valence-electron chi connectivity index (χ4n) is 1.67. The van der Waals surface area contributed by atoms with Crippen LogP contribution in [0.2, 0.25) is 0 Å². The lowest BCUT2D eigenvalue weighted by Crippen LogP contribution is -1.99. The van der Waals surface area contributed by atoms with E-state index >= 15 is 0 Å². The average molecular weight is 196 g/mol. The van der Waals surface area contributed by atoms with Crippen LogP contribution in [-0.4, -0.2) is 14.2 Å². The Kier molecular flexibility index (Phi) is 1.91. The molecule has 3 heteroatoms. The Bertz CT molecular complexity index is 432. The van der Waals surface area contributed by atoms with E-state index in [0.717, 1.165) is 17.5 Å². The van der Waals surface area contributed by atoms with Gasteiger partial charge >= 0.3 is 0 Å². The highest BCUT2D eigenvalue weighted by molar-refractivity contribution is 7.91. The van der Waals surface area contributed by atoms with E-state index in [1.165, 1.54) is 0 Å². The standard InChI is InChI=1S/C10H12O2S/c1-2-8-3-4-9-5-6-13(11,12)10(9)7-8/h3-4,7H,2,5-6H2,1H3. The summed E-state index contributed by atoms with van der Waals surface area (Å²) in [5.74, 6) is 0.287. The van der Waals surface area contributed by atoms with Crippen molar-refractivity contribution in [2.75, 3.05) is 5.75 Å². The van der Waals surface area contributed by atoms with Gasteiger partial charge in [-0.05, 0) is 30.0 Å².